The Hall–Kier alpha value is -4.23. The summed E-state index contributed by atoms with van der Waals surface area (Å²) in [7, 11) is 1.86. The molecule has 186 valence electrons. The predicted molar refractivity (Wildman–Crippen MR) is 138 cm³/mol. The van der Waals surface area contributed by atoms with Crippen LogP contribution in [0.4, 0.5) is 0 Å². The number of likely N-dealkylation sites (tertiary alicyclic amines) is 1. The molecule has 10 nitrogen and oxygen atoms in total. The molecular weight excluding hydrogens is 456 g/mol. The van der Waals surface area contributed by atoms with Crippen LogP contribution in [0, 0.1) is 11.3 Å². The molecule has 0 bridgehead atoms. The van der Waals surface area contributed by atoms with Crippen molar-refractivity contribution in [3.8, 4) is 17.2 Å². The number of nitriles is 1. The molecule has 0 radical (unpaired) electrons. The molecule has 1 aliphatic rings. The second-order valence-corrected chi connectivity index (χ2v) is 8.92. The molecule has 0 aromatic carbocycles. The van der Waals surface area contributed by atoms with Crippen LogP contribution >= 0.6 is 0 Å². The number of nitrogens with one attached hydrogen (secondary N) is 1. The third-order valence-electron chi connectivity index (χ3n) is 6.37. The smallest absolute Gasteiger partial charge is 0.248 e. The van der Waals surface area contributed by atoms with Gasteiger partial charge in [0, 0.05) is 67.0 Å². The first kappa shape index (κ1) is 24.9. The van der Waals surface area contributed by atoms with Gasteiger partial charge in [0.2, 0.25) is 5.91 Å². The van der Waals surface area contributed by atoms with Crippen molar-refractivity contribution >= 4 is 22.8 Å². The van der Waals surface area contributed by atoms with E-state index in [4.69, 9.17) is 4.99 Å². The number of amidine groups is 1. The van der Waals surface area contributed by atoms with E-state index in [0.29, 0.717) is 11.1 Å². The van der Waals surface area contributed by atoms with Crippen LogP contribution in [-0.2, 0) is 11.8 Å². The number of rotatable bonds is 6. The van der Waals surface area contributed by atoms with Gasteiger partial charge in [-0.15, -0.1) is 0 Å². The lowest BCUT2D eigenvalue weighted by atomic mass is 10.0. The van der Waals surface area contributed by atoms with Gasteiger partial charge in [-0.25, -0.2) is 9.51 Å². The average molecular weight is 487 g/mol. The molecule has 4 rings (SSSR count). The van der Waals surface area contributed by atoms with Gasteiger partial charge in [-0.3, -0.25) is 9.48 Å². The van der Waals surface area contributed by atoms with Gasteiger partial charge in [0.1, 0.15) is 18.0 Å². The Morgan fingerprint density at radius 1 is 1.31 bits per heavy atom. The molecule has 3 aromatic heterocycles. The summed E-state index contributed by atoms with van der Waals surface area (Å²) in [6, 6.07) is 4.27. The molecule has 4 heterocycles. The van der Waals surface area contributed by atoms with Crippen LogP contribution in [0.3, 0.4) is 0 Å². The van der Waals surface area contributed by atoms with E-state index in [0.717, 1.165) is 54.0 Å². The second-order valence-electron chi connectivity index (χ2n) is 8.92. The summed E-state index contributed by atoms with van der Waals surface area (Å²) in [5.74, 6) is 0.511. The van der Waals surface area contributed by atoms with E-state index in [1.54, 1.807) is 33.9 Å². The van der Waals surface area contributed by atoms with Gasteiger partial charge in [-0.2, -0.15) is 15.5 Å². The number of hydrogen-bond acceptors (Lipinski definition) is 6. The van der Waals surface area contributed by atoms with Crippen molar-refractivity contribution in [3.63, 3.8) is 0 Å². The number of carbonyl (C=O) groups is 1. The summed E-state index contributed by atoms with van der Waals surface area (Å²) in [4.78, 5) is 18.6. The van der Waals surface area contributed by atoms with Crippen LogP contribution in [0.25, 0.3) is 22.2 Å². The minimum atomic E-state index is -1.01. The number of aliphatic hydroxyl groups is 1. The lowest BCUT2D eigenvalue weighted by molar-refractivity contribution is -0.129. The number of hydrogen-bond donors (Lipinski definition) is 2. The lowest BCUT2D eigenvalue weighted by Crippen LogP contribution is -2.48. The zero-order valence-electron chi connectivity index (χ0n) is 20.7. The molecule has 10 heteroatoms. The number of carbonyl (C=O) groups excluding carboxylic acids is 1. The molecule has 0 aliphatic carbocycles. The summed E-state index contributed by atoms with van der Waals surface area (Å²) >= 11 is 0. The quantitative estimate of drug-likeness (QED) is 0.313. The number of aliphatic hydroxyl groups excluding tert-OH is 1. The molecule has 1 fully saturated rings. The van der Waals surface area contributed by atoms with Crippen molar-refractivity contribution in [2.75, 3.05) is 13.1 Å². The van der Waals surface area contributed by atoms with E-state index in [1.807, 2.05) is 32.4 Å². The molecule has 1 atom stereocenters. The standard InChI is InChI=1S/C26H30N8O2/c1-5-19(12-28-18(3)33-8-6-23(7-9-33)31-26(36)17(2)35)24-10-20(22-14-29-32(4)15-22)16-34-25(24)21(11-27)13-30-34/h5,10,12-17,23,35H,1,6-9H2,2-4H3,(H,31,36)/b19-12+,28-18?/t17-/m0/s1. The number of pyridine rings is 1. The minimum Gasteiger partial charge on any atom is -0.384 e. The summed E-state index contributed by atoms with van der Waals surface area (Å²) in [6.45, 7) is 8.91. The maximum absolute atomic E-state index is 11.8. The highest BCUT2D eigenvalue weighted by Gasteiger charge is 2.22. The Morgan fingerprint density at radius 2 is 2.06 bits per heavy atom. The van der Waals surface area contributed by atoms with Crippen molar-refractivity contribution < 1.29 is 9.90 Å². The molecule has 1 aliphatic heterocycles. The van der Waals surface area contributed by atoms with E-state index in [2.05, 4.69) is 33.1 Å². The van der Waals surface area contributed by atoms with Crippen molar-refractivity contribution in [1.29, 1.82) is 5.26 Å². The van der Waals surface area contributed by atoms with Gasteiger partial charge in [-0.1, -0.05) is 12.7 Å². The van der Waals surface area contributed by atoms with E-state index in [1.165, 1.54) is 6.92 Å². The van der Waals surface area contributed by atoms with Crippen LogP contribution < -0.4 is 5.32 Å². The molecule has 0 spiro atoms. The van der Waals surface area contributed by atoms with Crippen molar-refractivity contribution in [2.24, 2.45) is 12.0 Å². The number of fused-ring (bicyclic) bond motifs is 1. The van der Waals surface area contributed by atoms with Crippen LogP contribution in [-0.4, -0.2) is 66.4 Å². The predicted octanol–water partition coefficient (Wildman–Crippen LogP) is 2.51. The number of aliphatic imine (C=N–C) groups is 1. The molecule has 0 saturated carbocycles. The van der Waals surface area contributed by atoms with Gasteiger partial charge in [-0.05, 0) is 32.8 Å². The Labute approximate surface area is 209 Å². The zero-order valence-corrected chi connectivity index (χ0v) is 20.7. The van der Waals surface area contributed by atoms with E-state index < -0.39 is 6.10 Å². The van der Waals surface area contributed by atoms with Crippen molar-refractivity contribution in [3.05, 3.63) is 60.8 Å². The number of aromatic nitrogens is 4. The first-order valence-electron chi connectivity index (χ1n) is 11.8. The zero-order chi connectivity index (χ0) is 25.8. The maximum atomic E-state index is 11.8. The monoisotopic (exact) mass is 486 g/mol. The van der Waals surface area contributed by atoms with Crippen molar-refractivity contribution in [1.82, 2.24) is 29.6 Å². The fraction of sp³-hybridized carbons (Fsp3) is 0.346. The number of piperidine rings is 1. The number of allylic oxidation sites excluding steroid dienone is 2. The normalized spacial score (nSPS) is 16.1. The largest absolute Gasteiger partial charge is 0.384 e. The second kappa shape index (κ2) is 10.6. The van der Waals surface area contributed by atoms with Crippen LogP contribution in [0.2, 0.25) is 0 Å². The number of aryl methyl sites for hydroxylation is 1. The Balaban J connectivity index is 1.61. The molecule has 3 aromatic rings. The third-order valence-corrected chi connectivity index (χ3v) is 6.37. The first-order valence-corrected chi connectivity index (χ1v) is 11.8. The molecule has 1 saturated heterocycles. The van der Waals surface area contributed by atoms with Crippen LogP contribution in [0.5, 0.6) is 0 Å². The minimum absolute atomic E-state index is 0.0465. The summed E-state index contributed by atoms with van der Waals surface area (Å²) in [5.41, 5.74) is 4.57. The highest BCUT2D eigenvalue weighted by Crippen LogP contribution is 2.30. The molecule has 36 heavy (non-hydrogen) atoms. The molecule has 2 N–H and O–H groups in total. The average Bonchev–Trinajstić information content (AvgIpc) is 3.50. The highest BCUT2D eigenvalue weighted by atomic mass is 16.3. The van der Waals surface area contributed by atoms with Crippen LogP contribution in [0.1, 0.15) is 37.8 Å². The fourth-order valence-electron chi connectivity index (χ4n) is 4.30. The molecular formula is C26H30N8O2. The SMILES string of the molecule is C=C/C(=C\N=C(C)N1CCC(NC(=O)[C@H](C)O)CC1)c1cc(-c2cnn(C)c2)cn2ncc(C#N)c12. The Morgan fingerprint density at radius 3 is 2.67 bits per heavy atom. The first-order chi connectivity index (χ1) is 17.3. The topological polar surface area (TPSA) is 124 Å². The maximum Gasteiger partial charge on any atom is 0.248 e. The highest BCUT2D eigenvalue weighted by molar-refractivity contribution is 5.89. The van der Waals surface area contributed by atoms with Crippen LogP contribution in [0.15, 0.2) is 54.7 Å². The Kier molecular flexibility index (Phi) is 7.31. The van der Waals surface area contributed by atoms with E-state index in [9.17, 15) is 15.2 Å². The van der Waals surface area contributed by atoms with Gasteiger partial charge >= 0.3 is 0 Å². The van der Waals surface area contributed by atoms with Gasteiger partial charge in [0.05, 0.1) is 23.5 Å². The van der Waals surface area contributed by atoms with Gasteiger partial charge in [0.15, 0.2) is 0 Å². The Bertz CT molecular complexity index is 1380. The number of amides is 1. The molecule has 1 amide bonds. The van der Waals surface area contributed by atoms with E-state index >= 15 is 0 Å². The van der Waals surface area contributed by atoms with Crippen molar-refractivity contribution in [2.45, 2.75) is 38.8 Å². The third kappa shape index (κ3) is 5.21. The fourth-order valence-corrected chi connectivity index (χ4v) is 4.30. The van der Waals surface area contributed by atoms with E-state index in [-0.39, 0.29) is 11.9 Å². The summed E-state index contributed by atoms with van der Waals surface area (Å²) in [6.07, 6.45) is 11.2. The lowest BCUT2D eigenvalue weighted by Gasteiger charge is -2.33. The number of nitrogens with zero attached hydrogens (tertiary/aromatic N) is 7. The van der Waals surface area contributed by atoms with Gasteiger partial charge < -0.3 is 15.3 Å². The summed E-state index contributed by atoms with van der Waals surface area (Å²) in [5, 5.41) is 30.6. The van der Waals surface area contributed by atoms with Gasteiger partial charge in [0.25, 0.3) is 0 Å². The molecule has 0 unspecified atom stereocenters. The summed E-state index contributed by atoms with van der Waals surface area (Å²) < 4.78 is 3.44.